The summed E-state index contributed by atoms with van der Waals surface area (Å²) in [5.74, 6) is 0.924. The summed E-state index contributed by atoms with van der Waals surface area (Å²) in [5.41, 5.74) is 1.42. The van der Waals surface area contributed by atoms with Crippen LogP contribution in [0.25, 0.3) is 10.9 Å². The van der Waals surface area contributed by atoms with Gasteiger partial charge in [-0.2, -0.15) is 0 Å². The van der Waals surface area contributed by atoms with Crippen molar-refractivity contribution in [1.29, 1.82) is 0 Å². The number of ether oxygens (including phenoxy) is 1. The van der Waals surface area contributed by atoms with Crippen LogP contribution in [-0.4, -0.2) is 17.2 Å². The first-order valence-corrected chi connectivity index (χ1v) is 5.77. The predicted octanol–water partition coefficient (Wildman–Crippen LogP) is 3.67. The molecule has 0 saturated carbocycles. The summed E-state index contributed by atoms with van der Waals surface area (Å²) in [6.07, 6.45) is 1.25. The molecule has 0 aliphatic rings. The van der Waals surface area contributed by atoms with Crippen molar-refractivity contribution in [2.24, 2.45) is 0 Å². The maximum absolute atomic E-state index is 9.60. The fourth-order valence-corrected chi connectivity index (χ4v) is 1.49. The molecule has 0 atom stereocenters. The second-order valence-electron chi connectivity index (χ2n) is 3.85. The van der Waals surface area contributed by atoms with Crippen molar-refractivity contribution in [3.05, 3.63) is 30.0 Å². The quantitative estimate of drug-likeness (QED) is 0.817. The number of nitrogens with zero attached hydrogens (tertiary/aromatic N) is 1. The van der Waals surface area contributed by atoms with E-state index in [0.717, 1.165) is 16.8 Å². The van der Waals surface area contributed by atoms with Crippen LogP contribution in [0.1, 0.15) is 26.0 Å². The molecule has 1 N–H and O–H groups in total. The van der Waals surface area contributed by atoms with Crippen LogP contribution in [0.15, 0.2) is 24.3 Å². The molecule has 0 unspecified atom stereocenters. The van der Waals surface area contributed by atoms with E-state index in [-0.39, 0.29) is 5.75 Å². The van der Waals surface area contributed by atoms with Gasteiger partial charge < -0.3 is 9.84 Å². The van der Waals surface area contributed by atoms with Gasteiger partial charge in [0, 0.05) is 17.1 Å². The topological polar surface area (TPSA) is 42.4 Å². The fourth-order valence-electron chi connectivity index (χ4n) is 1.49. The molecule has 3 heteroatoms. The summed E-state index contributed by atoms with van der Waals surface area (Å²) in [6, 6.07) is 7.12. The fraction of sp³-hybridized carbons (Fsp3) is 0.357. The Kier molecular flexibility index (Phi) is 4.76. The average molecular weight is 233 g/mol. The highest BCUT2D eigenvalue weighted by molar-refractivity contribution is 5.89. The number of aryl methyl sites for hydroxylation is 1. The Morgan fingerprint density at radius 3 is 2.53 bits per heavy atom. The van der Waals surface area contributed by atoms with E-state index in [2.05, 4.69) is 18.8 Å². The molecule has 17 heavy (non-hydrogen) atoms. The maximum Gasteiger partial charge on any atom is 0.141 e. The van der Waals surface area contributed by atoms with E-state index in [0.29, 0.717) is 5.52 Å². The molecule has 1 heterocycles. The Morgan fingerprint density at radius 2 is 1.94 bits per heavy atom. The standard InChI is InChI=1S/C11H11NO2.C3H8/c1-7-6-10(14-2)8-4-3-5-9(13)11(8)12-7;1-3-2/h3-6,13H,1-2H3;3H2,1-2H3. The molecule has 0 fully saturated rings. The number of hydrogen-bond acceptors (Lipinski definition) is 3. The van der Waals surface area contributed by atoms with Crippen LogP contribution < -0.4 is 4.74 Å². The molecular weight excluding hydrogens is 214 g/mol. The number of rotatable bonds is 1. The van der Waals surface area contributed by atoms with Gasteiger partial charge in [-0.25, -0.2) is 4.98 Å². The number of fused-ring (bicyclic) bond motifs is 1. The maximum atomic E-state index is 9.60. The molecule has 92 valence electrons. The van der Waals surface area contributed by atoms with Crippen LogP contribution in [0.3, 0.4) is 0 Å². The lowest BCUT2D eigenvalue weighted by molar-refractivity contribution is 0.418. The van der Waals surface area contributed by atoms with Crippen molar-refractivity contribution in [2.45, 2.75) is 27.2 Å². The molecule has 3 nitrogen and oxygen atoms in total. The SMILES string of the molecule is CCC.COc1cc(C)nc2c(O)cccc12. The highest BCUT2D eigenvalue weighted by atomic mass is 16.5. The second kappa shape index (κ2) is 6.09. The summed E-state index contributed by atoms with van der Waals surface area (Å²) in [4.78, 5) is 4.25. The third kappa shape index (κ3) is 3.09. The van der Waals surface area contributed by atoms with Crippen LogP contribution >= 0.6 is 0 Å². The molecule has 1 aromatic heterocycles. The molecule has 2 aromatic rings. The van der Waals surface area contributed by atoms with Crippen molar-refractivity contribution in [1.82, 2.24) is 4.98 Å². The highest BCUT2D eigenvalue weighted by Gasteiger charge is 2.06. The first-order valence-electron chi connectivity index (χ1n) is 5.77. The van der Waals surface area contributed by atoms with Crippen LogP contribution in [0, 0.1) is 6.92 Å². The number of phenolic OH excluding ortho intramolecular Hbond substituents is 1. The Balaban J connectivity index is 0.000000437. The number of aromatic nitrogens is 1. The van der Waals surface area contributed by atoms with Gasteiger partial charge in [-0.3, -0.25) is 0 Å². The van der Waals surface area contributed by atoms with Crippen LogP contribution in [0.4, 0.5) is 0 Å². The summed E-state index contributed by atoms with van der Waals surface area (Å²) < 4.78 is 5.21. The molecule has 1 aromatic carbocycles. The minimum Gasteiger partial charge on any atom is -0.506 e. The lowest BCUT2D eigenvalue weighted by Crippen LogP contribution is -1.90. The Labute approximate surface area is 102 Å². The summed E-state index contributed by atoms with van der Waals surface area (Å²) in [7, 11) is 1.61. The van der Waals surface area contributed by atoms with Crippen molar-refractivity contribution in [3.8, 4) is 11.5 Å². The number of para-hydroxylation sites is 1. The van der Waals surface area contributed by atoms with Gasteiger partial charge in [-0.1, -0.05) is 26.3 Å². The molecule has 0 saturated heterocycles. The summed E-state index contributed by atoms with van der Waals surface area (Å²) >= 11 is 0. The predicted molar refractivity (Wildman–Crippen MR) is 70.7 cm³/mol. The van der Waals surface area contributed by atoms with E-state index in [1.807, 2.05) is 19.1 Å². The Bertz CT molecular complexity index is 495. The number of aromatic hydroxyl groups is 1. The van der Waals surface area contributed by atoms with Crippen molar-refractivity contribution < 1.29 is 9.84 Å². The van der Waals surface area contributed by atoms with E-state index in [1.165, 1.54) is 6.42 Å². The van der Waals surface area contributed by atoms with Gasteiger partial charge in [0.2, 0.25) is 0 Å². The third-order valence-electron chi connectivity index (χ3n) is 2.13. The molecular formula is C14H19NO2. The third-order valence-corrected chi connectivity index (χ3v) is 2.13. The van der Waals surface area contributed by atoms with Gasteiger partial charge in [0.25, 0.3) is 0 Å². The zero-order valence-corrected chi connectivity index (χ0v) is 10.8. The molecule has 2 rings (SSSR count). The monoisotopic (exact) mass is 233 g/mol. The Hall–Kier alpha value is -1.77. The average Bonchev–Trinajstić information content (AvgIpc) is 2.30. The van der Waals surface area contributed by atoms with Gasteiger partial charge in [0.1, 0.15) is 17.0 Å². The minimum atomic E-state index is 0.185. The first-order chi connectivity index (χ1) is 8.13. The zero-order chi connectivity index (χ0) is 12.8. The lowest BCUT2D eigenvalue weighted by atomic mass is 10.1. The van der Waals surface area contributed by atoms with Gasteiger partial charge in [-0.15, -0.1) is 0 Å². The van der Waals surface area contributed by atoms with E-state index in [9.17, 15) is 5.11 Å². The second-order valence-corrected chi connectivity index (χ2v) is 3.85. The summed E-state index contributed by atoms with van der Waals surface area (Å²) in [5, 5.41) is 10.4. The number of pyridine rings is 1. The number of hydrogen-bond donors (Lipinski definition) is 1. The van der Waals surface area contributed by atoms with Crippen molar-refractivity contribution in [3.63, 3.8) is 0 Å². The number of methoxy groups -OCH3 is 1. The molecule has 0 spiro atoms. The smallest absolute Gasteiger partial charge is 0.141 e. The van der Waals surface area contributed by atoms with Crippen LogP contribution in [-0.2, 0) is 0 Å². The number of phenols is 1. The van der Waals surface area contributed by atoms with Crippen molar-refractivity contribution >= 4 is 10.9 Å². The van der Waals surface area contributed by atoms with Gasteiger partial charge in [0.05, 0.1) is 7.11 Å². The summed E-state index contributed by atoms with van der Waals surface area (Å²) in [6.45, 7) is 6.12. The van der Waals surface area contributed by atoms with Gasteiger partial charge in [-0.05, 0) is 19.1 Å². The van der Waals surface area contributed by atoms with E-state index < -0.39 is 0 Å². The number of benzene rings is 1. The molecule has 0 aliphatic heterocycles. The minimum absolute atomic E-state index is 0.185. The van der Waals surface area contributed by atoms with E-state index >= 15 is 0 Å². The van der Waals surface area contributed by atoms with Crippen LogP contribution in [0.5, 0.6) is 11.5 Å². The van der Waals surface area contributed by atoms with Crippen LogP contribution in [0.2, 0.25) is 0 Å². The largest absolute Gasteiger partial charge is 0.506 e. The molecule has 0 bridgehead atoms. The Morgan fingerprint density at radius 1 is 1.29 bits per heavy atom. The molecule has 0 aliphatic carbocycles. The van der Waals surface area contributed by atoms with E-state index in [1.54, 1.807) is 19.2 Å². The highest BCUT2D eigenvalue weighted by Crippen LogP contribution is 2.30. The van der Waals surface area contributed by atoms with E-state index in [4.69, 9.17) is 4.74 Å². The zero-order valence-electron chi connectivity index (χ0n) is 10.8. The lowest BCUT2D eigenvalue weighted by Gasteiger charge is -2.06. The van der Waals surface area contributed by atoms with Gasteiger partial charge >= 0.3 is 0 Å². The molecule has 0 radical (unpaired) electrons. The van der Waals surface area contributed by atoms with Crippen molar-refractivity contribution in [2.75, 3.05) is 7.11 Å². The van der Waals surface area contributed by atoms with Gasteiger partial charge in [0.15, 0.2) is 0 Å². The molecule has 0 amide bonds. The first kappa shape index (κ1) is 13.3. The normalized spacial score (nSPS) is 9.65.